The first kappa shape index (κ1) is 26.0. The Hall–Kier alpha value is -3.61. The molecule has 3 heterocycles. The van der Waals surface area contributed by atoms with Crippen molar-refractivity contribution in [3.63, 3.8) is 0 Å². The van der Waals surface area contributed by atoms with Crippen molar-refractivity contribution >= 4 is 17.8 Å². The van der Waals surface area contributed by atoms with Gasteiger partial charge in [-0.3, -0.25) is 4.79 Å². The van der Waals surface area contributed by atoms with E-state index in [2.05, 4.69) is 21.4 Å². The van der Waals surface area contributed by atoms with Crippen LogP contribution >= 0.6 is 0 Å². The summed E-state index contributed by atoms with van der Waals surface area (Å²) in [4.78, 5) is 37.7. The van der Waals surface area contributed by atoms with Gasteiger partial charge in [0.1, 0.15) is 23.0 Å². The number of aromatic nitrogens is 2. The van der Waals surface area contributed by atoms with Crippen molar-refractivity contribution in [1.29, 1.82) is 5.26 Å². The normalized spacial score (nSPS) is 18.3. The van der Waals surface area contributed by atoms with Gasteiger partial charge in [0.05, 0.1) is 30.8 Å². The Morgan fingerprint density at radius 3 is 2.69 bits per heavy atom. The molecular formula is C25H34N6O4. The third kappa shape index (κ3) is 6.50. The van der Waals surface area contributed by atoms with Gasteiger partial charge in [0.25, 0.3) is 5.91 Å². The second-order valence-electron chi connectivity index (χ2n) is 10.4. The lowest BCUT2D eigenvalue weighted by Gasteiger charge is -2.41. The van der Waals surface area contributed by atoms with Crippen molar-refractivity contribution < 1.29 is 19.1 Å². The van der Waals surface area contributed by atoms with Crippen LogP contribution in [0.1, 0.15) is 63.0 Å². The van der Waals surface area contributed by atoms with Crippen LogP contribution in [0.5, 0.6) is 0 Å². The van der Waals surface area contributed by atoms with Crippen molar-refractivity contribution in [3.8, 4) is 6.07 Å². The molecule has 2 N–H and O–H groups in total. The summed E-state index contributed by atoms with van der Waals surface area (Å²) in [6.07, 6.45) is 2.43. The number of piperidine rings is 1. The molecule has 0 aromatic carbocycles. The first-order valence-electron chi connectivity index (χ1n) is 11.8. The first-order valence-corrected chi connectivity index (χ1v) is 11.8. The molecule has 10 nitrogen and oxygen atoms in total. The zero-order valence-electron chi connectivity index (χ0n) is 21.0. The molecule has 2 amide bonds. The molecule has 10 heteroatoms. The van der Waals surface area contributed by atoms with Gasteiger partial charge in [-0.25, -0.2) is 14.8 Å². The van der Waals surface area contributed by atoms with Crippen molar-refractivity contribution in [2.24, 2.45) is 11.8 Å². The van der Waals surface area contributed by atoms with Gasteiger partial charge >= 0.3 is 6.09 Å². The van der Waals surface area contributed by atoms with Gasteiger partial charge in [-0.1, -0.05) is 34.6 Å². The van der Waals surface area contributed by atoms with E-state index in [0.717, 1.165) is 0 Å². The van der Waals surface area contributed by atoms with Gasteiger partial charge < -0.3 is 24.6 Å². The monoisotopic (exact) mass is 482 g/mol. The number of anilines is 1. The Bertz CT molecular complexity index is 1070. The Kier molecular flexibility index (Phi) is 7.99. The molecule has 35 heavy (non-hydrogen) atoms. The summed E-state index contributed by atoms with van der Waals surface area (Å²) in [6, 6.07) is 5.37. The highest BCUT2D eigenvalue weighted by Crippen LogP contribution is 2.27. The lowest BCUT2D eigenvalue weighted by Crippen LogP contribution is -2.54. The summed E-state index contributed by atoms with van der Waals surface area (Å²) in [5, 5.41) is 22.3. The number of carboxylic acid groups (broad SMARTS) is 1. The van der Waals surface area contributed by atoms with Crippen LogP contribution in [0, 0.1) is 23.2 Å². The molecule has 188 valence electrons. The summed E-state index contributed by atoms with van der Waals surface area (Å²) >= 11 is 0. The van der Waals surface area contributed by atoms with Gasteiger partial charge in [0.15, 0.2) is 0 Å². The van der Waals surface area contributed by atoms with Crippen LogP contribution in [0.4, 0.5) is 10.6 Å². The minimum Gasteiger partial charge on any atom is -0.467 e. The Morgan fingerprint density at radius 1 is 1.37 bits per heavy atom. The fourth-order valence-corrected chi connectivity index (χ4v) is 4.11. The zero-order chi connectivity index (χ0) is 25.8. The number of amides is 2. The molecule has 2 aromatic heterocycles. The number of furan rings is 1. The SMILES string of the molecule is CC(C)CN(C(=O)c1cnc(C(C)(C)C)nc1NCc1ccco1)[C@H]1C[C@@H](C#N)CN(C(=O)O)C1. The minimum atomic E-state index is -1.09. The predicted molar refractivity (Wildman–Crippen MR) is 130 cm³/mol. The summed E-state index contributed by atoms with van der Waals surface area (Å²) in [5.74, 6) is 1.03. The van der Waals surface area contributed by atoms with Crippen LogP contribution in [0.25, 0.3) is 0 Å². The first-order chi connectivity index (χ1) is 16.5. The standard InChI is InChI=1S/C25H34N6O4/c1-16(2)13-31(18-9-17(10-26)14-30(15-18)24(33)34)22(32)20-12-28-23(25(3,4)5)29-21(20)27-11-19-7-6-8-35-19/h6-8,12,16-18H,9,11,13-15H2,1-5H3,(H,33,34)(H,27,28,29)/t17-,18-/m0/s1. The van der Waals surface area contributed by atoms with Crippen molar-refractivity contribution in [3.05, 3.63) is 41.7 Å². The molecule has 2 atom stereocenters. The quantitative estimate of drug-likeness (QED) is 0.605. The fourth-order valence-electron chi connectivity index (χ4n) is 4.11. The number of nitrogens with zero attached hydrogens (tertiary/aromatic N) is 5. The largest absolute Gasteiger partial charge is 0.467 e. The highest BCUT2D eigenvalue weighted by molar-refractivity contribution is 5.98. The van der Waals surface area contributed by atoms with Crippen LogP contribution in [-0.4, -0.2) is 62.6 Å². The molecule has 1 fully saturated rings. The zero-order valence-corrected chi connectivity index (χ0v) is 21.0. The molecule has 1 aliphatic heterocycles. The van der Waals surface area contributed by atoms with E-state index in [1.54, 1.807) is 17.2 Å². The number of carbonyl (C=O) groups excluding carboxylic acids is 1. The summed E-state index contributed by atoms with van der Waals surface area (Å²) in [5.41, 5.74) is -0.0303. The van der Waals surface area contributed by atoms with Crippen molar-refractivity contribution in [2.45, 2.75) is 59.0 Å². The Labute approximate surface area is 205 Å². The van der Waals surface area contributed by atoms with Gasteiger partial charge in [-0.2, -0.15) is 5.26 Å². The number of rotatable bonds is 7. The smallest absolute Gasteiger partial charge is 0.407 e. The van der Waals surface area contributed by atoms with Crippen LogP contribution in [0.15, 0.2) is 29.0 Å². The molecule has 1 saturated heterocycles. The molecule has 0 spiro atoms. The Morgan fingerprint density at radius 2 is 2.11 bits per heavy atom. The van der Waals surface area contributed by atoms with E-state index in [4.69, 9.17) is 4.42 Å². The summed E-state index contributed by atoms with van der Waals surface area (Å²) < 4.78 is 5.41. The average molecular weight is 483 g/mol. The van der Waals surface area contributed by atoms with Gasteiger partial charge in [-0.05, 0) is 24.5 Å². The number of hydrogen-bond donors (Lipinski definition) is 2. The third-order valence-corrected chi connectivity index (χ3v) is 5.85. The maximum Gasteiger partial charge on any atom is 0.407 e. The van der Waals surface area contributed by atoms with Crippen LogP contribution < -0.4 is 5.32 Å². The van der Waals surface area contributed by atoms with E-state index in [0.29, 0.717) is 42.5 Å². The second kappa shape index (κ2) is 10.8. The van der Waals surface area contributed by atoms with Gasteiger partial charge in [0.2, 0.25) is 0 Å². The molecule has 0 aliphatic carbocycles. The summed E-state index contributed by atoms with van der Waals surface area (Å²) in [6.45, 7) is 11.0. The molecule has 0 saturated carbocycles. The number of nitrogens with one attached hydrogen (secondary N) is 1. The third-order valence-electron chi connectivity index (χ3n) is 5.85. The van der Waals surface area contributed by atoms with Crippen molar-refractivity contribution in [2.75, 3.05) is 25.0 Å². The fraction of sp³-hybridized carbons (Fsp3) is 0.560. The molecule has 3 rings (SSSR count). The topological polar surface area (TPSA) is 136 Å². The minimum absolute atomic E-state index is 0.133. The van der Waals surface area contributed by atoms with E-state index in [1.807, 2.05) is 40.7 Å². The number of likely N-dealkylation sites (tertiary alicyclic amines) is 1. The van der Waals surface area contributed by atoms with E-state index in [9.17, 15) is 20.0 Å². The maximum atomic E-state index is 13.9. The van der Waals surface area contributed by atoms with Gasteiger partial charge in [-0.15, -0.1) is 0 Å². The number of nitriles is 1. The van der Waals surface area contributed by atoms with Crippen LogP contribution in [0.2, 0.25) is 0 Å². The molecule has 0 unspecified atom stereocenters. The molecule has 0 radical (unpaired) electrons. The van der Waals surface area contributed by atoms with E-state index in [-0.39, 0.29) is 30.3 Å². The lowest BCUT2D eigenvalue weighted by molar-refractivity contribution is 0.0456. The number of hydrogen-bond acceptors (Lipinski definition) is 7. The average Bonchev–Trinajstić information content (AvgIpc) is 3.33. The van der Waals surface area contributed by atoms with E-state index in [1.165, 1.54) is 11.1 Å². The van der Waals surface area contributed by atoms with Crippen molar-refractivity contribution in [1.82, 2.24) is 19.8 Å². The highest BCUT2D eigenvalue weighted by atomic mass is 16.4. The summed E-state index contributed by atoms with van der Waals surface area (Å²) in [7, 11) is 0. The predicted octanol–water partition coefficient (Wildman–Crippen LogP) is 3.97. The maximum absolute atomic E-state index is 13.9. The van der Waals surface area contributed by atoms with Crippen LogP contribution in [-0.2, 0) is 12.0 Å². The second-order valence-corrected chi connectivity index (χ2v) is 10.4. The Balaban J connectivity index is 1.98. The number of carbonyl (C=O) groups is 2. The van der Waals surface area contributed by atoms with Gasteiger partial charge in [0, 0.05) is 31.2 Å². The molecular weight excluding hydrogens is 448 g/mol. The highest BCUT2D eigenvalue weighted by Gasteiger charge is 2.37. The molecule has 2 aromatic rings. The molecule has 1 aliphatic rings. The molecule has 0 bridgehead atoms. The van der Waals surface area contributed by atoms with E-state index >= 15 is 0 Å². The van der Waals surface area contributed by atoms with Crippen LogP contribution in [0.3, 0.4) is 0 Å². The van der Waals surface area contributed by atoms with E-state index < -0.39 is 18.1 Å². The lowest BCUT2D eigenvalue weighted by atomic mass is 9.93.